The normalized spacial score (nSPS) is 17.7. The van der Waals surface area contributed by atoms with Gasteiger partial charge in [-0.25, -0.2) is 0 Å². The van der Waals surface area contributed by atoms with E-state index in [9.17, 15) is 0 Å². The van der Waals surface area contributed by atoms with Crippen molar-refractivity contribution in [1.82, 2.24) is 0 Å². The second-order valence-corrected chi connectivity index (χ2v) is 5.96. The lowest BCUT2D eigenvalue weighted by molar-refractivity contribution is 0.824. The lowest BCUT2D eigenvalue weighted by atomic mass is 9.96. The molecule has 110 valence electrons. The minimum atomic E-state index is 0.156. The molecule has 0 saturated heterocycles. The minimum absolute atomic E-state index is 0.156. The predicted octanol–water partition coefficient (Wildman–Crippen LogP) is 5.13. The van der Waals surface area contributed by atoms with E-state index in [-0.39, 0.29) is 6.17 Å². The van der Waals surface area contributed by atoms with Crippen LogP contribution in [0.4, 0.5) is 11.4 Å². The number of hydrogen-bond donors (Lipinski definition) is 1. The molecule has 0 aromatic heterocycles. The zero-order chi connectivity index (χ0) is 15.2. The molecule has 0 spiro atoms. The summed E-state index contributed by atoms with van der Waals surface area (Å²) in [6.45, 7) is 0. The fourth-order valence-electron chi connectivity index (χ4n) is 3.58. The molecule has 2 heteroatoms. The third-order valence-corrected chi connectivity index (χ3v) is 4.63. The molecule has 1 N–H and O–H groups in total. The van der Waals surface area contributed by atoms with Crippen molar-refractivity contribution >= 4 is 23.1 Å². The minimum Gasteiger partial charge on any atom is -0.359 e. The molecule has 3 aromatic carbocycles. The summed E-state index contributed by atoms with van der Waals surface area (Å²) in [5, 5.41) is 3.68. The zero-order valence-electron chi connectivity index (χ0n) is 12.6. The standard InChI is InChI=1S/C21H16N2/c1-2-8-15(9-3-1)20-14-16-10-4-5-11-17(16)21-22-18-12-6-7-13-19(18)23(20)21/h1-14,21-22H. The summed E-state index contributed by atoms with van der Waals surface area (Å²) < 4.78 is 0. The summed E-state index contributed by atoms with van der Waals surface area (Å²) in [4.78, 5) is 2.41. The van der Waals surface area contributed by atoms with Crippen LogP contribution < -0.4 is 10.2 Å². The summed E-state index contributed by atoms with van der Waals surface area (Å²) in [5.41, 5.74) is 7.52. The predicted molar refractivity (Wildman–Crippen MR) is 96.0 cm³/mol. The Morgan fingerprint density at radius 1 is 0.739 bits per heavy atom. The van der Waals surface area contributed by atoms with Gasteiger partial charge in [0.15, 0.2) is 0 Å². The van der Waals surface area contributed by atoms with Gasteiger partial charge in [-0.1, -0.05) is 66.7 Å². The van der Waals surface area contributed by atoms with Gasteiger partial charge in [-0.15, -0.1) is 0 Å². The zero-order valence-corrected chi connectivity index (χ0v) is 12.6. The maximum absolute atomic E-state index is 3.68. The number of nitrogens with zero attached hydrogens (tertiary/aromatic N) is 1. The Bertz CT molecular complexity index is 912. The molecule has 2 heterocycles. The lowest BCUT2D eigenvalue weighted by Crippen LogP contribution is -2.29. The van der Waals surface area contributed by atoms with Crippen LogP contribution in [0.3, 0.4) is 0 Å². The number of fused-ring (bicyclic) bond motifs is 5. The van der Waals surface area contributed by atoms with Gasteiger partial charge in [0.05, 0.1) is 17.1 Å². The monoisotopic (exact) mass is 296 g/mol. The van der Waals surface area contributed by atoms with E-state index >= 15 is 0 Å². The second kappa shape index (κ2) is 4.75. The topological polar surface area (TPSA) is 15.3 Å². The Labute approximate surface area is 135 Å². The highest BCUT2D eigenvalue weighted by atomic mass is 15.3. The van der Waals surface area contributed by atoms with Crippen LogP contribution in [0, 0.1) is 0 Å². The van der Waals surface area contributed by atoms with Crippen molar-refractivity contribution in [3.05, 3.63) is 95.6 Å². The van der Waals surface area contributed by atoms with Gasteiger partial charge >= 0.3 is 0 Å². The van der Waals surface area contributed by atoms with Crippen molar-refractivity contribution < 1.29 is 0 Å². The highest BCUT2D eigenvalue weighted by Crippen LogP contribution is 2.49. The van der Waals surface area contributed by atoms with Gasteiger partial charge in [0, 0.05) is 5.56 Å². The molecular weight excluding hydrogens is 280 g/mol. The van der Waals surface area contributed by atoms with E-state index in [2.05, 4.69) is 95.2 Å². The maximum atomic E-state index is 3.68. The van der Waals surface area contributed by atoms with Gasteiger partial charge in [-0.05, 0) is 29.3 Å². The summed E-state index contributed by atoms with van der Waals surface area (Å²) >= 11 is 0. The first kappa shape index (κ1) is 12.5. The summed E-state index contributed by atoms with van der Waals surface area (Å²) in [5.74, 6) is 0. The average Bonchev–Trinajstić information content (AvgIpc) is 3.02. The molecule has 0 aliphatic carbocycles. The highest BCUT2D eigenvalue weighted by Gasteiger charge is 2.36. The lowest BCUT2D eigenvalue weighted by Gasteiger charge is -2.34. The molecule has 1 unspecified atom stereocenters. The van der Waals surface area contributed by atoms with E-state index < -0.39 is 0 Å². The number of rotatable bonds is 1. The second-order valence-electron chi connectivity index (χ2n) is 5.96. The Morgan fingerprint density at radius 2 is 1.48 bits per heavy atom. The largest absolute Gasteiger partial charge is 0.359 e. The maximum Gasteiger partial charge on any atom is 0.131 e. The fourth-order valence-corrected chi connectivity index (χ4v) is 3.58. The molecule has 2 aliphatic rings. The van der Waals surface area contributed by atoms with Crippen molar-refractivity contribution in [1.29, 1.82) is 0 Å². The Balaban J connectivity index is 1.77. The molecule has 2 aliphatic heterocycles. The molecule has 0 saturated carbocycles. The average molecular weight is 296 g/mol. The fraction of sp³-hybridized carbons (Fsp3) is 0.0476. The van der Waals surface area contributed by atoms with Crippen LogP contribution in [0.2, 0.25) is 0 Å². The van der Waals surface area contributed by atoms with Crippen LogP contribution in [0.1, 0.15) is 22.9 Å². The van der Waals surface area contributed by atoms with E-state index in [0.29, 0.717) is 0 Å². The van der Waals surface area contributed by atoms with Crippen molar-refractivity contribution in [3.8, 4) is 0 Å². The molecule has 5 rings (SSSR count). The molecule has 0 radical (unpaired) electrons. The molecule has 0 amide bonds. The van der Waals surface area contributed by atoms with Crippen LogP contribution in [0.5, 0.6) is 0 Å². The number of hydrogen-bond acceptors (Lipinski definition) is 2. The van der Waals surface area contributed by atoms with Gasteiger partial charge in [0.25, 0.3) is 0 Å². The molecule has 23 heavy (non-hydrogen) atoms. The number of para-hydroxylation sites is 2. The molecular formula is C21H16N2. The Hall–Kier alpha value is -3.00. The first-order chi connectivity index (χ1) is 11.4. The number of benzene rings is 3. The van der Waals surface area contributed by atoms with Crippen molar-refractivity contribution in [3.63, 3.8) is 0 Å². The van der Waals surface area contributed by atoms with Crippen LogP contribution in [0.15, 0.2) is 78.9 Å². The third-order valence-electron chi connectivity index (χ3n) is 4.63. The van der Waals surface area contributed by atoms with Crippen molar-refractivity contribution in [2.75, 3.05) is 10.2 Å². The van der Waals surface area contributed by atoms with Crippen molar-refractivity contribution in [2.45, 2.75) is 6.17 Å². The highest BCUT2D eigenvalue weighted by molar-refractivity contribution is 5.99. The molecule has 0 fully saturated rings. The third kappa shape index (κ3) is 1.82. The van der Waals surface area contributed by atoms with Crippen LogP contribution in [0.25, 0.3) is 11.8 Å². The summed E-state index contributed by atoms with van der Waals surface area (Å²) in [7, 11) is 0. The smallest absolute Gasteiger partial charge is 0.131 e. The summed E-state index contributed by atoms with van der Waals surface area (Å²) in [6.07, 6.45) is 2.45. The number of nitrogens with one attached hydrogen (secondary N) is 1. The molecule has 1 atom stereocenters. The molecule has 2 nitrogen and oxygen atoms in total. The SMILES string of the molecule is C1=C(c2ccccc2)N2c3ccccc3NC2c2ccccc21. The first-order valence-corrected chi connectivity index (χ1v) is 7.93. The van der Waals surface area contributed by atoms with Crippen LogP contribution in [-0.2, 0) is 0 Å². The number of anilines is 2. The van der Waals surface area contributed by atoms with E-state index in [1.165, 1.54) is 33.8 Å². The Morgan fingerprint density at radius 3 is 2.39 bits per heavy atom. The quantitative estimate of drug-likeness (QED) is 0.669. The molecule has 3 aromatic rings. The van der Waals surface area contributed by atoms with E-state index in [0.717, 1.165) is 0 Å². The van der Waals surface area contributed by atoms with Crippen LogP contribution >= 0.6 is 0 Å². The van der Waals surface area contributed by atoms with Gasteiger partial charge < -0.3 is 10.2 Å². The van der Waals surface area contributed by atoms with Gasteiger partial charge in [0.1, 0.15) is 6.17 Å². The van der Waals surface area contributed by atoms with E-state index in [4.69, 9.17) is 0 Å². The van der Waals surface area contributed by atoms with E-state index in [1.54, 1.807) is 0 Å². The van der Waals surface area contributed by atoms with Gasteiger partial charge in [0.2, 0.25) is 0 Å². The van der Waals surface area contributed by atoms with E-state index in [1.807, 2.05) is 0 Å². The first-order valence-electron chi connectivity index (χ1n) is 7.93. The van der Waals surface area contributed by atoms with Gasteiger partial charge in [-0.2, -0.15) is 0 Å². The summed E-state index contributed by atoms with van der Waals surface area (Å²) in [6, 6.07) is 27.8. The van der Waals surface area contributed by atoms with Gasteiger partial charge in [-0.3, -0.25) is 0 Å². The van der Waals surface area contributed by atoms with Crippen LogP contribution in [-0.4, -0.2) is 0 Å². The Kier molecular flexibility index (Phi) is 2.59. The van der Waals surface area contributed by atoms with Crippen molar-refractivity contribution in [2.24, 2.45) is 0 Å². The molecule has 0 bridgehead atoms.